The van der Waals surface area contributed by atoms with E-state index < -0.39 is 17.7 Å². The summed E-state index contributed by atoms with van der Waals surface area (Å²) in [5.74, 6) is -0.875. The fraction of sp³-hybridized carbons (Fsp3) is 0.136. The van der Waals surface area contributed by atoms with Gasteiger partial charge in [0.05, 0.1) is 35.0 Å². The number of pyridine rings is 1. The number of ether oxygens (including phenoxy) is 1. The van der Waals surface area contributed by atoms with Gasteiger partial charge in [-0.25, -0.2) is 9.37 Å². The molecule has 0 spiro atoms. The number of hydrogen-bond acceptors (Lipinski definition) is 9. The number of aldehydes is 1. The number of nitrogens with zero attached hydrogens (tertiary/aromatic N) is 4. The van der Waals surface area contributed by atoms with E-state index in [1.807, 2.05) is 0 Å². The molecule has 4 rings (SSSR count). The van der Waals surface area contributed by atoms with Gasteiger partial charge in [-0.1, -0.05) is 6.07 Å². The highest BCUT2D eigenvalue weighted by Gasteiger charge is 2.27. The molecule has 0 saturated heterocycles. The van der Waals surface area contributed by atoms with Crippen LogP contribution in [-0.2, 0) is 6.61 Å². The fourth-order valence-electron chi connectivity index (χ4n) is 2.99. The number of halogens is 4. The molecule has 0 aliphatic carbocycles. The third kappa shape index (κ3) is 6.47. The molecule has 0 atom stereocenters. The minimum atomic E-state index is -4.36. The van der Waals surface area contributed by atoms with Gasteiger partial charge >= 0.3 is 6.18 Å². The summed E-state index contributed by atoms with van der Waals surface area (Å²) in [6.45, 7) is -0.0780. The summed E-state index contributed by atoms with van der Waals surface area (Å²) >= 11 is 0.446. The van der Waals surface area contributed by atoms with Crippen LogP contribution < -0.4 is 14.8 Å². The van der Waals surface area contributed by atoms with Crippen LogP contribution >= 0.6 is 11.9 Å². The lowest BCUT2D eigenvalue weighted by molar-refractivity contribution is -0.105. The van der Waals surface area contributed by atoms with Crippen LogP contribution in [0.4, 0.5) is 34.9 Å². The molecule has 1 aromatic carbocycles. The van der Waals surface area contributed by atoms with Crippen molar-refractivity contribution in [3.8, 4) is 17.0 Å². The Morgan fingerprint density at radius 3 is 2.67 bits per heavy atom. The monoisotopic (exact) mass is 519 g/mol. The standard InChI is InChI=1S/C22H17F4N7O2S/c23-14-2-3-15(29-8-14)11-35-18-7-13(1-4-17(18)33-36-12-22(24,25)26)20-16(10-34)21(32-31-20)30-19-9-27-5-6-28-19/h1-10,33H,11-12H2,(H2,28,30,31,32). The van der Waals surface area contributed by atoms with E-state index >= 15 is 0 Å². The second-order valence-corrected chi connectivity index (χ2v) is 7.95. The number of hydrogen-bond donors (Lipinski definition) is 3. The van der Waals surface area contributed by atoms with Crippen LogP contribution in [0.2, 0.25) is 0 Å². The maximum absolute atomic E-state index is 13.1. The third-order valence-corrected chi connectivity index (χ3v) is 5.42. The van der Waals surface area contributed by atoms with Crippen molar-refractivity contribution < 1.29 is 27.1 Å². The molecule has 0 fully saturated rings. The summed E-state index contributed by atoms with van der Waals surface area (Å²) in [6, 6.07) is 7.28. The smallest absolute Gasteiger partial charge is 0.399 e. The molecular weight excluding hydrogens is 502 g/mol. The van der Waals surface area contributed by atoms with Gasteiger partial charge in [0, 0.05) is 18.0 Å². The van der Waals surface area contributed by atoms with Crippen LogP contribution in [0.3, 0.4) is 0 Å². The molecule has 36 heavy (non-hydrogen) atoms. The van der Waals surface area contributed by atoms with Crippen LogP contribution in [-0.4, -0.2) is 43.4 Å². The fourth-order valence-corrected chi connectivity index (χ4v) is 3.55. The lowest BCUT2D eigenvalue weighted by Crippen LogP contribution is -2.12. The topological polar surface area (TPSA) is 118 Å². The number of anilines is 3. The molecule has 0 unspecified atom stereocenters. The minimum Gasteiger partial charge on any atom is -0.485 e. The Hall–Kier alpha value is -4.20. The Kier molecular flexibility index (Phi) is 7.63. The Labute approximate surface area is 205 Å². The van der Waals surface area contributed by atoms with E-state index in [0.29, 0.717) is 41.0 Å². The summed E-state index contributed by atoms with van der Waals surface area (Å²) in [4.78, 5) is 23.8. The number of H-pyrrole nitrogens is 1. The van der Waals surface area contributed by atoms with E-state index in [1.54, 1.807) is 6.07 Å². The van der Waals surface area contributed by atoms with E-state index in [9.17, 15) is 22.4 Å². The number of alkyl halides is 3. The van der Waals surface area contributed by atoms with Crippen LogP contribution in [0.1, 0.15) is 16.1 Å². The molecule has 9 nitrogen and oxygen atoms in total. The first-order valence-electron chi connectivity index (χ1n) is 10.2. The number of nitrogens with one attached hydrogen (secondary N) is 3. The van der Waals surface area contributed by atoms with Crippen molar-refractivity contribution in [2.45, 2.75) is 12.8 Å². The Morgan fingerprint density at radius 2 is 1.97 bits per heavy atom. The van der Waals surface area contributed by atoms with E-state index in [0.717, 1.165) is 6.20 Å². The SMILES string of the molecule is O=Cc1c(Nc2cnccn2)n[nH]c1-c1ccc(NSCC(F)(F)F)c(OCc2ccc(F)cn2)c1. The first-order chi connectivity index (χ1) is 17.3. The van der Waals surface area contributed by atoms with Crippen LogP contribution in [0.15, 0.2) is 55.1 Å². The molecule has 0 saturated carbocycles. The molecule has 14 heteroatoms. The summed E-state index contributed by atoms with van der Waals surface area (Å²) in [7, 11) is 0. The molecule has 0 amide bonds. The molecule has 0 aliphatic rings. The number of carbonyl (C=O) groups is 1. The van der Waals surface area contributed by atoms with Crippen molar-refractivity contribution in [2.75, 3.05) is 15.8 Å². The highest BCUT2D eigenvalue weighted by molar-refractivity contribution is 8.00. The average molecular weight is 519 g/mol. The number of rotatable bonds is 10. The van der Waals surface area contributed by atoms with Gasteiger partial charge in [-0.05, 0) is 36.2 Å². The summed E-state index contributed by atoms with van der Waals surface area (Å²) in [5, 5.41) is 9.79. The maximum Gasteiger partial charge on any atom is 0.399 e. The maximum atomic E-state index is 13.1. The Balaban J connectivity index is 1.61. The van der Waals surface area contributed by atoms with Crippen LogP contribution in [0.25, 0.3) is 11.3 Å². The van der Waals surface area contributed by atoms with Crippen molar-refractivity contribution in [1.29, 1.82) is 0 Å². The van der Waals surface area contributed by atoms with Gasteiger partial charge < -0.3 is 14.8 Å². The summed E-state index contributed by atoms with van der Waals surface area (Å²) < 4.78 is 59.4. The minimum absolute atomic E-state index is 0.0780. The van der Waals surface area contributed by atoms with Gasteiger partial charge in [0.15, 0.2) is 12.1 Å². The second kappa shape index (κ2) is 11.0. The lowest BCUT2D eigenvalue weighted by atomic mass is 10.1. The lowest BCUT2D eigenvalue weighted by Gasteiger charge is -2.15. The van der Waals surface area contributed by atoms with Gasteiger partial charge in [-0.2, -0.15) is 18.3 Å². The number of benzene rings is 1. The van der Waals surface area contributed by atoms with Crippen LogP contribution in [0.5, 0.6) is 5.75 Å². The molecular formula is C22H17F4N7O2S. The predicted molar refractivity (Wildman–Crippen MR) is 125 cm³/mol. The Bertz CT molecular complexity index is 1320. The van der Waals surface area contributed by atoms with Gasteiger partial charge in [-0.15, -0.1) is 0 Å². The molecule has 0 aliphatic heterocycles. The van der Waals surface area contributed by atoms with Gasteiger partial charge in [-0.3, -0.25) is 19.9 Å². The first-order valence-corrected chi connectivity index (χ1v) is 11.2. The molecule has 3 N–H and O–H groups in total. The van der Waals surface area contributed by atoms with Gasteiger partial charge in [0.25, 0.3) is 0 Å². The average Bonchev–Trinajstić information content (AvgIpc) is 3.26. The molecule has 0 bridgehead atoms. The zero-order chi connectivity index (χ0) is 25.5. The van der Waals surface area contributed by atoms with Crippen molar-refractivity contribution in [3.05, 3.63) is 72.2 Å². The van der Waals surface area contributed by atoms with E-state index in [4.69, 9.17) is 4.74 Å². The van der Waals surface area contributed by atoms with E-state index in [2.05, 4.69) is 35.2 Å². The molecule has 186 valence electrons. The Morgan fingerprint density at radius 1 is 1.11 bits per heavy atom. The normalized spacial score (nSPS) is 11.2. The van der Waals surface area contributed by atoms with Gasteiger partial charge in [0.2, 0.25) is 0 Å². The molecule has 3 aromatic heterocycles. The van der Waals surface area contributed by atoms with E-state index in [1.165, 1.54) is 42.9 Å². The molecule has 3 heterocycles. The first kappa shape index (κ1) is 24.9. The van der Waals surface area contributed by atoms with Crippen LogP contribution in [0, 0.1) is 5.82 Å². The highest BCUT2D eigenvalue weighted by atomic mass is 32.2. The zero-order valence-electron chi connectivity index (χ0n) is 18.2. The number of carbonyl (C=O) groups excluding carboxylic acids is 1. The quantitative estimate of drug-likeness (QED) is 0.148. The summed E-state index contributed by atoms with van der Waals surface area (Å²) in [6.07, 6.45) is 1.69. The highest BCUT2D eigenvalue weighted by Crippen LogP contribution is 2.35. The number of aromatic amines is 1. The number of aromatic nitrogens is 5. The molecule has 4 aromatic rings. The van der Waals surface area contributed by atoms with E-state index in [-0.39, 0.29) is 29.4 Å². The van der Waals surface area contributed by atoms with Crippen molar-refractivity contribution in [1.82, 2.24) is 25.1 Å². The second-order valence-electron chi connectivity index (χ2n) is 7.17. The van der Waals surface area contributed by atoms with Crippen molar-refractivity contribution in [3.63, 3.8) is 0 Å². The molecule has 0 radical (unpaired) electrons. The third-order valence-electron chi connectivity index (χ3n) is 4.58. The predicted octanol–water partition coefficient (Wildman–Crippen LogP) is 5.16. The summed E-state index contributed by atoms with van der Waals surface area (Å²) in [5.41, 5.74) is 1.68. The van der Waals surface area contributed by atoms with Gasteiger partial charge in [0.1, 0.15) is 29.7 Å². The van der Waals surface area contributed by atoms with Crippen molar-refractivity contribution >= 4 is 35.6 Å². The van der Waals surface area contributed by atoms with Crippen molar-refractivity contribution in [2.24, 2.45) is 0 Å². The largest absolute Gasteiger partial charge is 0.485 e. The zero-order valence-corrected chi connectivity index (χ0v) is 19.0.